The number of carbonyl (C=O) groups is 2. The number of ketones is 2. The van der Waals surface area contributed by atoms with E-state index >= 15 is 0 Å². The topological polar surface area (TPSA) is 34.1 Å². The molecule has 0 spiro atoms. The van der Waals surface area contributed by atoms with Crippen LogP contribution >= 0.6 is 0 Å². The van der Waals surface area contributed by atoms with Gasteiger partial charge in [0.25, 0.3) is 0 Å². The minimum Gasteiger partial charge on any atom is -0.294 e. The standard InChI is InChI=1S/C15H12O2.FH/c16-14(12-7-3-1-4-8-12)11-15(17)13-9-5-2-6-10-13;/h1-10H,11H2;1H. The predicted octanol–water partition coefficient (Wildman–Crippen LogP) is 3.29. The zero-order valence-corrected chi connectivity index (χ0v) is 9.71. The van der Waals surface area contributed by atoms with Crippen molar-refractivity contribution >= 4 is 11.6 Å². The summed E-state index contributed by atoms with van der Waals surface area (Å²) in [5.41, 5.74) is 1.16. The second-order valence-corrected chi connectivity index (χ2v) is 3.76. The second kappa shape index (κ2) is 6.45. The molecule has 0 bridgehead atoms. The minimum atomic E-state index is -0.139. The van der Waals surface area contributed by atoms with Gasteiger partial charge in [0.15, 0.2) is 11.6 Å². The van der Waals surface area contributed by atoms with Crippen molar-refractivity contribution < 1.29 is 14.3 Å². The summed E-state index contributed by atoms with van der Waals surface area (Å²) >= 11 is 0. The highest BCUT2D eigenvalue weighted by atomic mass is 19.0. The molecular weight excluding hydrogens is 231 g/mol. The zero-order valence-electron chi connectivity index (χ0n) is 9.71. The fourth-order valence-electron chi connectivity index (χ4n) is 1.60. The van der Waals surface area contributed by atoms with E-state index in [1.807, 2.05) is 12.1 Å². The monoisotopic (exact) mass is 244 g/mol. The van der Waals surface area contributed by atoms with Crippen molar-refractivity contribution in [3.05, 3.63) is 71.8 Å². The van der Waals surface area contributed by atoms with Crippen molar-refractivity contribution in [3.8, 4) is 0 Å². The SMILES string of the molecule is F.O=C(CC(=O)c1ccccc1)c1ccccc1. The smallest absolute Gasteiger partial charge is 0.170 e. The van der Waals surface area contributed by atoms with Gasteiger partial charge in [-0.15, -0.1) is 0 Å². The van der Waals surface area contributed by atoms with E-state index in [9.17, 15) is 9.59 Å². The maximum Gasteiger partial charge on any atom is 0.170 e. The maximum absolute atomic E-state index is 11.8. The van der Waals surface area contributed by atoms with Gasteiger partial charge in [-0.2, -0.15) is 0 Å². The van der Waals surface area contributed by atoms with Crippen LogP contribution in [0.15, 0.2) is 60.7 Å². The van der Waals surface area contributed by atoms with Crippen LogP contribution < -0.4 is 0 Å². The molecule has 0 N–H and O–H groups in total. The van der Waals surface area contributed by atoms with E-state index in [0.29, 0.717) is 11.1 Å². The van der Waals surface area contributed by atoms with Crippen LogP contribution in [-0.4, -0.2) is 11.6 Å². The molecule has 2 rings (SSSR count). The van der Waals surface area contributed by atoms with Crippen LogP contribution in [0.1, 0.15) is 27.1 Å². The van der Waals surface area contributed by atoms with Crippen LogP contribution in [0.4, 0.5) is 4.70 Å². The largest absolute Gasteiger partial charge is 0.294 e. The maximum atomic E-state index is 11.8. The summed E-state index contributed by atoms with van der Waals surface area (Å²) in [6, 6.07) is 17.7. The Kier molecular flexibility index (Phi) is 4.93. The average Bonchev–Trinajstić information content (AvgIpc) is 2.40. The van der Waals surface area contributed by atoms with Crippen molar-refractivity contribution in [1.29, 1.82) is 0 Å². The lowest BCUT2D eigenvalue weighted by atomic mass is 10.0. The lowest BCUT2D eigenvalue weighted by Crippen LogP contribution is -2.08. The summed E-state index contributed by atoms with van der Waals surface area (Å²) in [5.74, 6) is -0.279. The first-order valence-electron chi connectivity index (χ1n) is 5.44. The van der Waals surface area contributed by atoms with Crippen LogP contribution in [-0.2, 0) is 0 Å². The lowest BCUT2D eigenvalue weighted by molar-refractivity contribution is 0.0894. The fourth-order valence-corrected chi connectivity index (χ4v) is 1.60. The Bertz CT molecular complexity index is 471. The fraction of sp³-hybridized carbons (Fsp3) is 0.0667. The molecule has 2 nitrogen and oxygen atoms in total. The molecule has 0 amide bonds. The summed E-state index contributed by atoms with van der Waals surface area (Å²) in [4.78, 5) is 23.6. The average molecular weight is 244 g/mol. The zero-order chi connectivity index (χ0) is 12.1. The molecule has 0 heterocycles. The molecule has 0 aliphatic heterocycles. The Morgan fingerprint density at radius 3 is 1.33 bits per heavy atom. The molecule has 2 aromatic carbocycles. The Morgan fingerprint density at radius 2 is 1.00 bits per heavy atom. The van der Waals surface area contributed by atoms with Crippen LogP contribution in [0.3, 0.4) is 0 Å². The first kappa shape index (κ1) is 13.8. The summed E-state index contributed by atoms with van der Waals surface area (Å²) in [7, 11) is 0. The third-order valence-corrected chi connectivity index (χ3v) is 2.51. The van der Waals surface area contributed by atoms with Gasteiger partial charge in [-0.05, 0) is 0 Å². The Labute approximate surface area is 105 Å². The van der Waals surface area contributed by atoms with Gasteiger partial charge in [-0.1, -0.05) is 60.7 Å². The quantitative estimate of drug-likeness (QED) is 0.611. The van der Waals surface area contributed by atoms with Gasteiger partial charge in [0, 0.05) is 11.1 Å². The lowest BCUT2D eigenvalue weighted by Gasteiger charge is -2.00. The van der Waals surface area contributed by atoms with Gasteiger partial charge in [0.1, 0.15) is 0 Å². The predicted molar refractivity (Wildman–Crippen MR) is 68.7 cm³/mol. The van der Waals surface area contributed by atoms with Crippen LogP contribution in [0.25, 0.3) is 0 Å². The molecule has 0 saturated carbocycles. The van der Waals surface area contributed by atoms with E-state index < -0.39 is 0 Å². The third-order valence-electron chi connectivity index (χ3n) is 2.51. The van der Waals surface area contributed by atoms with Crippen molar-refractivity contribution in [1.82, 2.24) is 0 Å². The van der Waals surface area contributed by atoms with Crippen molar-refractivity contribution in [2.24, 2.45) is 0 Å². The molecule has 0 atom stereocenters. The highest BCUT2D eigenvalue weighted by Gasteiger charge is 2.12. The number of hydrogen-bond donors (Lipinski definition) is 0. The molecule has 0 unspecified atom stereocenters. The Morgan fingerprint density at radius 1 is 0.667 bits per heavy atom. The van der Waals surface area contributed by atoms with E-state index in [1.54, 1.807) is 48.5 Å². The van der Waals surface area contributed by atoms with E-state index in [0.717, 1.165) is 0 Å². The summed E-state index contributed by atoms with van der Waals surface area (Å²) < 4.78 is 0. The Balaban J connectivity index is 0.00000162. The number of rotatable bonds is 4. The van der Waals surface area contributed by atoms with Gasteiger partial charge >= 0.3 is 0 Å². The van der Waals surface area contributed by atoms with E-state index in [-0.39, 0.29) is 22.7 Å². The molecule has 0 fully saturated rings. The highest BCUT2D eigenvalue weighted by molar-refractivity contribution is 6.13. The molecule has 2 aromatic rings. The normalized spacial score (nSPS) is 9.33. The highest BCUT2D eigenvalue weighted by Crippen LogP contribution is 2.08. The van der Waals surface area contributed by atoms with Gasteiger partial charge in [-0.3, -0.25) is 14.3 Å². The summed E-state index contributed by atoms with van der Waals surface area (Å²) in [6.45, 7) is 0. The number of halogens is 1. The van der Waals surface area contributed by atoms with Crippen LogP contribution in [0.2, 0.25) is 0 Å². The Hall–Kier alpha value is -2.29. The number of carbonyl (C=O) groups excluding carboxylic acids is 2. The second-order valence-electron chi connectivity index (χ2n) is 3.76. The molecule has 92 valence electrons. The van der Waals surface area contributed by atoms with Crippen molar-refractivity contribution in [2.75, 3.05) is 0 Å². The molecule has 0 aromatic heterocycles. The van der Waals surface area contributed by atoms with Crippen molar-refractivity contribution in [2.45, 2.75) is 6.42 Å². The molecule has 0 aliphatic rings. The molecular formula is C15H13FO2. The van der Waals surface area contributed by atoms with E-state index in [2.05, 4.69) is 0 Å². The van der Waals surface area contributed by atoms with Gasteiger partial charge in [0.2, 0.25) is 0 Å². The minimum absolute atomic E-state index is 0. The molecule has 3 heteroatoms. The van der Waals surface area contributed by atoms with E-state index in [4.69, 9.17) is 0 Å². The van der Waals surface area contributed by atoms with Gasteiger partial charge < -0.3 is 0 Å². The van der Waals surface area contributed by atoms with Gasteiger partial charge in [-0.25, -0.2) is 0 Å². The first-order chi connectivity index (χ1) is 8.27. The van der Waals surface area contributed by atoms with Gasteiger partial charge in [0.05, 0.1) is 6.42 Å². The molecule has 18 heavy (non-hydrogen) atoms. The molecule has 0 radical (unpaired) electrons. The number of benzene rings is 2. The van der Waals surface area contributed by atoms with Crippen LogP contribution in [0.5, 0.6) is 0 Å². The summed E-state index contributed by atoms with van der Waals surface area (Å²) in [6.07, 6.45) is -0.0754. The molecule has 0 aliphatic carbocycles. The van der Waals surface area contributed by atoms with E-state index in [1.165, 1.54) is 0 Å². The third kappa shape index (κ3) is 3.35. The number of Topliss-reactive ketones (excluding diaryl/α,β-unsaturated/α-hetero) is 2. The van der Waals surface area contributed by atoms with Crippen LogP contribution in [0, 0.1) is 0 Å². The van der Waals surface area contributed by atoms with Crippen molar-refractivity contribution in [3.63, 3.8) is 0 Å². The number of hydrogen-bond acceptors (Lipinski definition) is 2. The molecule has 0 saturated heterocycles. The summed E-state index contributed by atoms with van der Waals surface area (Å²) in [5, 5.41) is 0. The first-order valence-corrected chi connectivity index (χ1v) is 5.44.